The Labute approximate surface area is 246 Å². The third-order valence-corrected chi connectivity index (χ3v) is 7.11. The van der Waals surface area contributed by atoms with Crippen LogP contribution in [0.2, 0.25) is 0 Å². The Hall–Kier alpha value is -5.19. The van der Waals surface area contributed by atoms with Crippen LogP contribution in [0.25, 0.3) is 11.0 Å². The van der Waals surface area contributed by atoms with Crippen LogP contribution in [0, 0.1) is 0 Å². The van der Waals surface area contributed by atoms with E-state index in [1.54, 1.807) is 44.2 Å². The fraction of sp³-hybridized carbons (Fsp3) is 0.281. The quantitative estimate of drug-likeness (QED) is 0.200. The summed E-state index contributed by atoms with van der Waals surface area (Å²) in [5.74, 6) is 0.305. The van der Waals surface area contributed by atoms with Crippen LogP contribution in [-0.2, 0) is 9.47 Å². The van der Waals surface area contributed by atoms with Crippen molar-refractivity contribution in [3.63, 3.8) is 0 Å². The van der Waals surface area contributed by atoms with Gasteiger partial charge in [0.05, 0.1) is 45.1 Å². The molecule has 0 radical (unpaired) electrons. The van der Waals surface area contributed by atoms with Crippen molar-refractivity contribution in [2.24, 2.45) is 0 Å². The molecule has 0 N–H and O–H groups in total. The number of ether oxygens (including phenoxy) is 7. The largest absolute Gasteiger partial charge is 0.493 e. The van der Waals surface area contributed by atoms with Crippen molar-refractivity contribution in [2.45, 2.75) is 31.7 Å². The predicted octanol–water partition coefficient (Wildman–Crippen LogP) is 5.12. The molecule has 0 aliphatic carbocycles. The van der Waals surface area contributed by atoms with Gasteiger partial charge in [-0.3, -0.25) is 0 Å². The molecule has 5 rings (SSSR count). The molecule has 3 aromatic carbocycles. The van der Waals surface area contributed by atoms with Gasteiger partial charge < -0.3 is 37.6 Å². The first-order valence-electron chi connectivity index (χ1n) is 13.2. The van der Waals surface area contributed by atoms with Crippen molar-refractivity contribution in [2.75, 3.05) is 28.4 Å². The first-order chi connectivity index (χ1) is 20.6. The molecule has 224 valence electrons. The molecule has 0 unspecified atom stereocenters. The van der Waals surface area contributed by atoms with Gasteiger partial charge in [-0.25, -0.2) is 14.4 Å². The summed E-state index contributed by atoms with van der Waals surface area (Å²) in [5.41, 5.74) is -1.13. The zero-order valence-electron chi connectivity index (χ0n) is 24.4. The van der Waals surface area contributed by atoms with Gasteiger partial charge in [-0.15, -0.1) is 0 Å². The molecule has 0 bridgehead atoms. The average Bonchev–Trinajstić information content (AvgIpc) is 3.01. The van der Waals surface area contributed by atoms with Gasteiger partial charge >= 0.3 is 17.6 Å². The number of carbonyl (C=O) groups is 2. The second-order valence-electron chi connectivity index (χ2n) is 10.1. The van der Waals surface area contributed by atoms with Crippen LogP contribution in [0.1, 0.15) is 46.2 Å². The van der Waals surface area contributed by atoms with Crippen molar-refractivity contribution < 1.29 is 47.2 Å². The van der Waals surface area contributed by atoms with E-state index < -0.39 is 35.4 Å². The number of carbonyl (C=O) groups excluding carboxylic acids is 2. The molecule has 1 aliphatic rings. The minimum absolute atomic E-state index is 0.137. The summed E-state index contributed by atoms with van der Waals surface area (Å²) in [4.78, 5) is 39.5. The average molecular weight is 591 g/mol. The van der Waals surface area contributed by atoms with E-state index in [0.29, 0.717) is 34.1 Å². The highest BCUT2D eigenvalue weighted by molar-refractivity contribution is 5.92. The van der Waals surface area contributed by atoms with Crippen LogP contribution in [0.3, 0.4) is 0 Å². The zero-order valence-corrected chi connectivity index (χ0v) is 24.4. The molecule has 1 aromatic heterocycles. The van der Waals surface area contributed by atoms with Gasteiger partial charge in [-0.2, -0.15) is 0 Å². The lowest BCUT2D eigenvalue weighted by Gasteiger charge is -2.43. The Morgan fingerprint density at radius 1 is 0.698 bits per heavy atom. The van der Waals surface area contributed by atoms with E-state index in [2.05, 4.69) is 0 Å². The van der Waals surface area contributed by atoms with E-state index in [4.69, 9.17) is 37.6 Å². The molecule has 0 fully saturated rings. The molecule has 11 nitrogen and oxygen atoms in total. The van der Waals surface area contributed by atoms with E-state index >= 15 is 0 Å². The van der Waals surface area contributed by atoms with Crippen LogP contribution >= 0.6 is 0 Å². The summed E-state index contributed by atoms with van der Waals surface area (Å²) < 4.78 is 45.2. The monoisotopic (exact) mass is 590 g/mol. The predicted molar refractivity (Wildman–Crippen MR) is 154 cm³/mol. The number of hydrogen-bond acceptors (Lipinski definition) is 11. The molecular weight excluding hydrogens is 560 g/mol. The fourth-order valence-corrected chi connectivity index (χ4v) is 4.97. The lowest BCUT2D eigenvalue weighted by molar-refractivity contribution is -0.122. The maximum absolute atomic E-state index is 13.6. The van der Waals surface area contributed by atoms with Crippen LogP contribution in [0.4, 0.5) is 0 Å². The fourth-order valence-electron chi connectivity index (χ4n) is 4.97. The maximum atomic E-state index is 13.6. The van der Waals surface area contributed by atoms with Gasteiger partial charge in [0.15, 0.2) is 35.2 Å². The van der Waals surface area contributed by atoms with E-state index in [-0.39, 0.29) is 22.3 Å². The molecule has 2 heterocycles. The summed E-state index contributed by atoms with van der Waals surface area (Å²) >= 11 is 0. The Kier molecular flexibility index (Phi) is 7.90. The number of methoxy groups -OCH3 is 4. The van der Waals surface area contributed by atoms with Crippen molar-refractivity contribution in [3.05, 3.63) is 87.8 Å². The summed E-state index contributed by atoms with van der Waals surface area (Å²) in [6.07, 6.45) is -2.45. The van der Waals surface area contributed by atoms with Gasteiger partial charge in [0.25, 0.3) is 0 Å². The number of benzene rings is 3. The van der Waals surface area contributed by atoms with Gasteiger partial charge in [-0.1, -0.05) is 0 Å². The normalized spacial score (nSPS) is 16.8. The van der Waals surface area contributed by atoms with Crippen LogP contribution in [0.15, 0.2) is 69.9 Å². The van der Waals surface area contributed by atoms with E-state index in [9.17, 15) is 14.4 Å². The minimum atomic E-state index is -1.25. The second kappa shape index (κ2) is 11.6. The maximum Gasteiger partial charge on any atom is 0.339 e. The van der Waals surface area contributed by atoms with Crippen molar-refractivity contribution in [1.29, 1.82) is 0 Å². The third kappa shape index (κ3) is 5.53. The van der Waals surface area contributed by atoms with Crippen molar-refractivity contribution in [1.82, 2.24) is 0 Å². The van der Waals surface area contributed by atoms with Crippen LogP contribution in [-0.4, -0.2) is 52.1 Å². The van der Waals surface area contributed by atoms with Crippen molar-refractivity contribution in [3.8, 4) is 28.7 Å². The molecule has 0 saturated carbocycles. The third-order valence-electron chi connectivity index (χ3n) is 7.11. The second-order valence-corrected chi connectivity index (χ2v) is 10.1. The molecule has 1 aliphatic heterocycles. The summed E-state index contributed by atoms with van der Waals surface area (Å²) in [5, 5.41) is 0.554. The van der Waals surface area contributed by atoms with Gasteiger partial charge in [0.1, 0.15) is 16.9 Å². The van der Waals surface area contributed by atoms with E-state index in [0.717, 1.165) is 0 Å². The number of rotatable bonds is 8. The van der Waals surface area contributed by atoms with Crippen LogP contribution in [0.5, 0.6) is 28.7 Å². The molecule has 0 amide bonds. The van der Waals surface area contributed by atoms with Crippen LogP contribution < -0.4 is 29.3 Å². The number of fused-ring (bicyclic) bond motifs is 3. The Bertz CT molecular complexity index is 1750. The van der Waals surface area contributed by atoms with E-state index in [1.165, 1.54) is 58.8 Å². The lowest BCUT2D eigenvalue weighted by Crippen LogP contribution is -2.52. The van der Waals surface area contributed by atoms with Gasteiger partial charge in [-0.05, 0) is 68.4 Å². The van der Waals surface area contributed by atoms with E-state index in [1.807, 2.05) is 0 Å². The molecule has 11 heteroatoms. The zero-order chi connectivity index (χ0) is 30.9. The highest BCUT2D eigenvalue weighted by Crippen LogP contribution is 2.47. The highest BCUT2D eigenvalue weighted by Gasteiger charge is 2.50. The molecular formula is C32H30O11. The Morgan fingerprint density at radius 2 is 1.23 bits per heavy atom. The number of esters is 2. The smallest absolute Gasteiger partial charge is 0.339 e. The van der Waals surface area contributed by atoms with Crippen molar-refractivity contribution >= 4 is 22.9 Å². The molecule has 4 aromatic rings. The summed E-state index contributed by atoms with van der Waals surface area (Å²) in [7, 11) is 5.86. The SMILES string of the molecule is COc1ccc(C(=O)O[C@H]2c3c(ccc4ccc(=O)oc34)OC(C)(C)[C@H]2OC(=O)c2ccc(OC)c(OC)c2)cc1OC. The topological polar surface area (TPSA) is 129 Å². The molecule has 0 spiro atoms. The summed E-state index contributed by atoms with van der Waals surface area (Å²) in [6.45, 7) is 3.40. The first-order valence-corrected chi connectivity index (χ1v) is 13.2. The Morgan fingerprint density at radius 3 is 1.79 bits per heavy atom. The highest BCUT2D eigenvalue weighted by atomic mass is 16.6. The summed E-state index contributed by atoms with van der Waals surface area (Å²) in [6, 6.07) is 15.4. The Balaban J connectivity index is 1.61. The van der Waals surface area contributed by atoms with Gasteiger partial charge in [0.2, 0.25) is 0 Å². The molecule has 43 heavy (non-hydrogen) atoms. The lowest BCUT2D eigenvalue weighted by atomic mass is 9.87. The number of hydrogen-bond donors (Lipinski definition) is 0. The first kappa shape index (κ1) is 29.3. The van der Waals surface area contributed by atoms with Gasteiger partial charge in [0, 0.05) is 11.5 Å². The minimum Gasteiger partial charge on any atom is -0.493 e. The molecule has 0 saturated heterocycles. The molecule has 2 atom stereocenters. The standard InChI is InChI=1S/C32H30O11/c1-32(2)29(42-31(35)19-9-12-21(37-4)24(16-19)39-6)28(41-30(34)18-8-11-20(36-3)23(15-18)38-5)26-22(43-32)13-7-17-10-14-25(33)40-27(17)26/h7-16,28-29H,1-6H3/t28-,29-/m0/s1.